The first kappa shape index (κ1) is 20.1. The van der Waals surface area contributed by atoms with Crippen molar-refractivity contribution >= 4 is 52.2 Å². The summed E-state index contributed by atoms with van der Waals surface area (Å²) in [5.74, 6) is -0.519. The maximum absolute atomic E-state index is 12.3. The summed E-state index contributed by atoms with van der Waals surface area (Å²) in [4.78, 5) is 24.4. The van der Waals surface area contributed by atoms with Crippen LogP contribution in [0.2, 0.25) is 5.02 Å². The average Bonchev–Trinajstić information content (AvgIpc) is 3.00. The third-order valence-corrected chi connectivity index (χ3v) is 5.60. The number of hydrogen-bond donors (Lipinski definition) is 2. The van der Waals surface area contributed by atoms with Crippen LogP contribution in [0, 0.1) is 13.8 Å². The molecule has 3 rings (SSSR count). The predicted octanol–water partition coefficient (Wildman–Crippen LogP) is 3.91. The number of rotatable bonds is 5. The molecule has 2 aromatic carbocycles. The van der Waals surface area contributed by atoms with Crippen molar-refractivity contribution in [2.45, 2.75) is 25.5 Å². The number of amidine groups is 1. The van der Waals surface area contributed by atoms with Crippen molar-refractivity contribution in [3.8, 4) is 0 Å². The molecule has 0 saturated carbocycles. The van der Waals surface area contributed by atoms with E-state index in [1.54, 1.807) is 24.4 Å². The molecule has 1 aliphatic rings. The highest BCUT2D eigenvalue weighted by molar-refractivity contribution is 8.15. The van der Waals surface area contributed by atoms with Gasteiger partial charge in [-0.15, -0.1) is 5.10 Å². The molecule has 2 amide bonds. The number of nitrogens with one attached hydrogen (secondary N) is 2. The molecule has 0 aliphatic carbocycles. The number of hydrogen-bond acceptors (Lipinski definition) is 5. The third kappa shape index (κ3) is 5.21. The van der Waals surface area contributed by atoms with Gasteiger partial charge in [0, 0.05) is 17.1 Å². The van der Waals surface area contributed by atoms with Gasteiger partial charge in [0.15, 0.2) is 5.17 Å². The fraction of sp³-hybridized carbons (Fsp3) is 0.200. The molecule has 0 spiro atoms. The highest BCUT2D eigenvalue weighted by Gasteiger charge is 2.32. The topological polar surface area (TPSA) is 82.9 Å². The van der Waals surface area contributed by atoms with E-state index in [4.69, 9.17) is 11.6 Å². The van der Waals surface area contributed by atoms with Gasteiger partial charge in [-0.05, 0) is 37.1 Å². The monoisotopic (exact) mass is 414 g/mol. The Balaban J connectivity index is 1.57. The van der Waals surface area contributed by atoms with Crippen molar-refractivity contribution < 1.29 is 9.59 Å². The summed E-state index contributed by atoms with van der Waals surface area (Å²) < 4.78 is 0. The van der Waals surface area contributed by atoms with Crippen molar-refractivity contribution in [1.29, 1.82) is 0 Å². The molecule has 1 heterocycles. The average molecular weight is 415 g/mol. The Morgan fingerprint density at radius 2 is 2.00 bits per heavy atom. The van der Waals surface area contributed by atoms with Crippen LogP contribution >= 0.6 is 23.4 Å². The normalized spacial score (nSPS) is 17.9. The summed E-state index contributed by atoms with van der Waals surface area (Å²) in [7, 11) is 0. The van der Waals surface area contributed by atoms with Crippen molar-refractivity contribution in [1.82, 2.24) is 5.32 Å². The highest BCUT2D eigenvalue weighted by Crippen LogP contribution is 2.25. The molecule has 0 aromatic heterocycles. The number of carbonyl (C=O) groups is 2. The van der Waals surface area contributed by atoms with Gasteiger partial charge in [-0.25, -0.2) is 0 Å². The van der Waals surface area contributed by atoms with Gasteiger partial charge >= 0.3 is 0 Å². The van der Waals surface area contributed by atoms with Crippen LogP contribution in [0.15, 0.2) is 52.7 Å². The fourth-order valence-electron chi connectivity index (χ4n) is 2.50. The quantitative estimate of drug-likeness (QED) is 0.574. The van der Waals surface area contributed by atoms with Crippen LogP contribution < -0.4 is 10.6 Å². The predicted molar refractivity (Wildman–Crippen MR) is 115 cm³/mol. The summed E-state index contributed by atoms with van der Waals surface area (Å²) in [5, 5.41) is 13.9. The zero-order valence-electron chi connectivity index (χ0n) is 15.4. The number of thioether (sulfide) groups is 1. The van der Waals surface area contributed by atoms with E-state index in [2.05, 4.69) is 20.8 Å². The number of benzene rings is 2. The first-order valence-corrected chi connectivity index (χ1v) is 9.88. The van der Waals surface area contributed by atoms with Crippen LogP contribution in [-0.4, -0.2) is 28.4 Å². The number of aryl methyl sites for hydroxylation is 1. The Morgan fingerprint density at radius 1 is 1.25 bits per heavy atom. The Kier molecular flexibility index (Phi) is 6.49. The lowest BCUT2D eigenvalue weighted by Gasteiger charge is -2.10. The first-order valence-electron chi connectivity index (χ1n) is 8.62. The molecule has 0 bridgehead atoms. The number of anilines is 1. The van der Waals surface area contributed by atoms with Crippen molar-refractivity contribution in [3.63, 3.8) is 0 Å². The van der Waals surface area contributed by atoms with Crippen molar-refractivity contribution in [2.24, 2.45) is 10.2 Å². The van der Waals surface area contributed by atoms with Crippen molar-refractivity contribution in [2.75, 3.05) is 5.32 Å². The maximum Gasteiger partial charge on any atom is 0.240 e. The van der Waals surface area contributed by atoms with Gasteiger partial charge < -0.3 is 10.6 Å². The smallest absolute Gasteiger partial charge is 0.240 e. The van der Waals surface area contributed by atoms with Gasteiger partial charge in [-0.1, -0.05) is 59.3 Å². The minimum atomic E-state index is -0.548. The Morgan fingerprint density at radius 3 is 2.75 bits per heavy atom. The minimum absolute atomic E-state index is 0.0309. The molecule has 2 aromatic rings. The highest BCUT2D eigenvalue weighted by atomic mass is 35.5. The van der Waals surface area contributed by atoms with E-state index in [-0.39, 0.29) is 18.2 Å². The Labute approximate surface area is 172 Å². The third-order valence-electron chi connectivity index (χ3n) is 4.12. The van der Waals surface area contributed by atoms with E-state index >= 15 is 0 Å². The number of carbonyl (C=O) groups excluding carboxylic acids is 2. The molecule has 1 fully saturated rings. The molecular weight excluding hydrogens is 396 g/mol. The van der Waals surface area contributed by atoms with Crippen LogP contribution in [0.4, 0.5) is 5.69 Å². The fourth-order valence-corrected chi connectivity index (χ4v) is 3.60. The molecule has 1 aliphatic heterocycles. The summed E-state index contributed by atoms with van der Waals surface area (Å²) in [6, 6.07) is 13.1. The van der Waals surface area contributed by atoms with Crippen LogP contribution in [0.5, 0.6) is 0 Å². The van der Waals surface area contributed by atoms with Crippen LogP contribution in [0.1, 0.15) is 23.1 Å². The molecular formula is C20H19ClN4O2S. The lowest BCUT2D eigenvalue weighted by atomic mass is 10.2. The van der Waals surface area contributed by atoms with E-state index < -0.39 is 5.25 Å². The molecule has 1 saturated heterocycles. The molecule has 1 unspecified atom stereocenters. The number of nitrogens with zero attached hydrogens (tertiary/aromatic N) is 2. The van der Waals surface area contributed by atoms with E-state index in [1.165, 1.54) is 11.8 Å². The zero-order valence-corrected chi connectivity index (χ0v) is 17.0. The second-order valence-corrected chi connectivity index (χ2v) is 7.92. The van der Waals surface area contributed by atoms with Crippen LogP contribution in [-0.2, 0) is 9.59 Å². The number of amides is 2. The van der Waals surface area contributed by atoms with Crippen LogP contribution in [0.25, 0.3) is 0 Å². The molecule has 2 N–H and O–H groups in total. The minimum Gasteiger partial charge on any atom is -0.326 e. The van der Waals surface area contributed by atoms with E-state index in [1.807, 2.05) is 38.1 Å². The maximum atomic E-state index is 12.3. The SMILES string of the molecule is Cc1ccc(C=N/N=C2\NC(=O)C(CC(=O)Nc3cccc(Cl)c3C)S2)cc1. The Bertz CT molecular complexity index is 957. The second-order valence-electron chi connectivity index (χ2n) is 6.32. The van der Waals surface area contributed by atoms with Gasteiger partial charge in [0.25, 0.3) is 0 Å². The second kappa shape index (κ2) is 9.03. The molecule has 0 radical (unpaired) electrons. The van der Waals surface area contributed by atoms with E-state index in [0.717, 1.165) is 16.7 Å². The largest absolute Gasteiger partial charge is 0.326 e. The lowest BCUT2D eigenvalue weighted by molar-refractivity contribution is -0.122. The summed E-state index contributed by atoms with van der Waals surface area (Å²) in [5.41, 5.74) is 3.50. The molecule has 28 heavy (non-hydrogen) atoms. The van der Waals surface area contributed by atoms with E-state index in [9.17, 15) is 9.59 Å². The number of halogens is 1. The van der Waals surface area contributed by atoms with E-state index in [0.29, 0.717) is 15.9 Å². The summed E-state index contributed by atoms with van der Waals surface area (Å²) >= 11 is 7.25. The van der Waals surface area contributed by atoms with Crippen LogP contribution in [0.3, 0.4) is 0 Å². The zero-order chi connectivity index (χ0) is 20.1. The summed E-state index contributed by atoms with van der Waals surface area (Å²) in [6.07, 6.45) is 1.64. The van der Waals surface area contributed by atoms with Gasteiger partial charge in [0.1, 0.15) is 5.25 Å². The molecule has 8 heteroatoms. The molecule has 1 atom stereocenters. The van der Waals surface area contributed by atoms with Gasteiger partial charge in [-0.3, -0.25) is 9.59 Å². The van der Waals surface area contributed by atoms with Crippen molar-refractivity contribution in [3.05, 3.63) is 64.2 Å². The Hall–Kier alpha value is -2.64. The molecule has 6 nitrogen and oxygen atoms in total. The summed E-state index contributed by atoms with van der Waals surface area (Å²) in [6.45, 7) is 3.83. The standard InChI is InChI=1S/C20H19ClN4O2S/c1-12-6-8-14(9-7-12)11-22-25-20-24-19(27)17(28-20)10-18(26)23-16-5-3-4-15(21)13(16)2/h3-9,11,17H,10H2,1-2H3,(H,23,26)(H,24,25,27). The van der Waals surface area contributed by atoms with Gasteiger partial charge in [-0.2, -0.15) is 5.10 Å². The first-order chi connectivity index (χ1) is 13.4. The van der Waals surface area contributed by atoms with Gasteiger partial charge in [0.05, 0.1) is 6.21 Å². The van der Waals surface area contributed by atoms with Gasteiger partial charge in [0.2, 0.25) is 11.8 Å². The lowest BCUT2D eigenvalue weighted by Crippen LogP contribution is -2.28. The molecule has 144 valence electrons.